The number of fused-ring (bicyclic) bond motifs is 1. The van der Waals surface area contributed by atoms with Crippen LogP contribution >= 0.6 is 11.6 Å². The lowest BCUT2D eigenvalue weighted by atomic mass is 10.0. The van der Waals surface area contributed by atoms with Gasteiger partial charge < -0.3 is 10.1 Å². The predicted octanol–water partition coefficient (Wildman–Crippen LogP) is 1.53. The number of halogens is 3. The summed E-state index contributed by atoms with van der Waals surface area (Å²) in [6.07, 6.45) is 0.441. The molecule has 1 fully saturated rings. The zero-order valence-corrected chi connectivity index (χ0v) is 17.4. The fourth-order valence-electron chi connectivity index (χ4n) is 3.24. The molecule has 1 aliphatic rings. The third-order valence-corrected chi connectivity index (χ3v) is 6.59. The minimum Gasteiger partial charge on any atom is -0.459 e. The van der Waals surface area contributed by atoms with Gasteiger partial charge in [0.15, 0.2) is 0 Å². The number of carbonyl (C=O) groups is 1. The van der Waals surface area contributed by atoms with E-state index in [1.807, 2.05) is 6.07 Å². The molecule has 10 nitrogen and oxygen atoms in total. The lowest BCUT2D eigenvalue weighted by molar-refractivity contribution is -0.148. The van der Waals surface area contributed by atoms with Gasteiger partial charge in [-0.15, -0.1) is 5.10 Å². The Kier molecular flexibility index (Phi) is 6.11. The number of nitriles is 1. The predicted molar refractivity (Wildman–Crippen MR) is 102 cm³/mol. The minimum atomic E-state index is -4.80. The van der Waals surface area contributed by atoms with Gasteiger partial charge in [-0.2, -0.15) is 18.3 Å². The molecule has 0 radical (unpaired) electrons. The van der Waals surface area contributed by atoms with Gasteiger partial charge in [-0.1, -0.05) is 11.6 Å². The number of piperidine rings is 1. The Morgan fingerprint density at radius 1 is 1.50 bits per heavy atom. The van der Waals surface area contributed by atoms with E-state index in [0.29, 0.717) is 15.5 Å². The molecule has 0 spiro atoms. The van der Waals surface area contributed by atoms with Gasteiger partial charge in [0.05, 0.1) is 35.1 Å². The van der Waals surface area contributed by atoms with Crippen molar-refractivity contribution in [1.29, 1.82) is 5.26 Å². The van der Waals surface area contributed by atoms with Crippen LogP contribution in [-0.2, 0) is 19.6 Å². The molecule has 1 N–H and O–H groups in total. The van der Waals surface area contributed by atoms with E-state index in [-0.39, 0.29) is 29.5 Å². The van der Waals surface area contributed by atoms with Gasteiger partial charge in [0, 0.05) is 13.5 Å². The number of aromatic nitrogens is 3. The van der Waals surface area contributed by atoms with Crippen molar-refractivity contribution in [3.05, 3.63) is 22.5 Å². The first kappa shape index (κ1) is 22.1. The molecule has 2 aromatic heterocycles. The summed E-state index contributed by atoms with van der Waals surface area (Å²) in [5.74, 6) is -4.15. The molecular formula is C16H17ClF2N6O4S. The van der Waals surface area contributed by atoms with Crippen LogP contribution in [0.3, 0.4) is 0 Å². The Labute approximate surface area is 175 Å². The van der Waals surface area contributed by atoms with Gasteiger partial charge in [0.25, 0.3) is 10.0 Å². The molecule has 0 aliphatic carbocycles. The molecule has 0 bridgehead atoms. The van der Waals surface area contributed by atoms with Crippen LogP contribution in [0.25, 0.3) is 5.52 Å². The topological polar surface area (TPSA) is 130 Å². The number of nitrogens with one attached hydrogen (secondary N) is 1. The average Bonchev–Trinajstić information content (AvgIpc) is 2.92. The van der Waals surface area contributed by atoms with Crippen LogP contribution in [0.2, 0.25) is 5.02 Å². The highest BCUT2D eigenvalue weighted by molar-refractivity contribution is 7.89. The number of nitrogens with zero attached hydrogens (tertiary/aromatic N) is 5. The van der Waals surface area contributed by atoms with E-state index >= 15 is 0 Å². The van der Waals surface area contributed by atoms with Gasteiger partial charge >= 0.3 is 11.7 Å². The molecule has 30 heavy (non-hydrogen) atoms. The molecule has 2 aromatic rings. The Balaban J connectivity index is 1.87. The minimum absolute atomic E-state index is 0.0696. The number of esters is 1. The van der Waals surface area contributed by atoms with E-state index in [0.717, 1.165) is 6.92 Å². The summed E-state index contributed by atoms with van der Waals surface area (Å²) >= 11 is 6.15. The van der Waals surface area contributed by atoms with Crippen LogP contribution in [0.15, 0.2) is 6.20 Å². The van der Waals surface area contributed by atoms with E-state index in [4.69, 9.17) is 16.3 Å². The summed E-state index contributed by atoms with van der Waals surface area (Å²) in [6, 6.07) is 1.36. The number of hydrogen-bond donors (Lipinski definition) is 1. The number of hydrogen-bond acceptors (Lipinski definition) is 8. The maximum Gasteiger partial charge on any atom is 0.350 e. The van der Waals surface area contributed by atoms with E-state index in [9.17, 15) is 27.3 Å². The van der Waals surface area contributed by atoms with Gasteiger partial charge in [0.1, 0.15) is 17.7 Å². The van der Waals surface area contributed by atoms with E-state index in [1.54, 1.807) is 6.92 Å². The SMILES string of the molecule is CC(=O)O[C@@H]1CN(S(=O)(=O)C(F)F)CC[C@H]1Nc1ncc2c(Cl)c(C#N)c(C)n2n1. The van der Waals surface area contributed by atoms with Crippen LogP contribution in [0, 0.1) is 18.3 Å². The molecule has 1 saturated heterocycles. The summed E-state index contributed by atoms with van der Waals surface area (Å²) in [4.78, 5) is 15.6. The van der Waals surface area contributed by atoms with Crippen molar-refractivity contribution in [2.75, 3.05) is 18.4 Å². The van der Waals surface area contributed by atoms with Crippen molar-refractivity contribution in [2.24, 2.45) is 0 Å². The van der Waals surface area contributed by atoms with Crippen molar-refractivity contribution in [3.8, 4) is 6.07 Å². The highest BCUT2D eigenvalue weighted by Crippen LogP contribution is 2.27. The molecule has 0 saturated carbocycles. The monoisotopic (exact) mass is 462 g/mol. The van der Waals surface area contributed by atoms with Crippen molar-refractivity contribution in [2.45, 2.75) is 38.2 Å². The fourth-order valence-corrected chi connectivity index (χ4v) is 4.49. The van der Waals surface area contributed by atoms with Gasteiger partial charge in [0.2, 0.25) is 5.95 Å². The Hall–Kier alpha value is -2.56. The Morgan fingerprint density at radius 3 is 2.80 bits per heavy atom. The Bertz CT molecular complexity index is 1130. The number of alkyl halides is 2. The van der Waals surface area contributed by atoms with Crippen LogP contribution in [0.1, 0.15) is 24.6 Å². The summed E-state index contributed by atoms with van der Waals surface area (Å²) in [5, 5.41) is 16.6. The molecule has 1 aliphatic heterocycles. The molecule has 0 unspecified atom stereocenters. The average molecular weight is 463 g/mol. The first-order chi connectivity index (χ1) is 14.1. The highest BCUT2D eigenvalue weighted by Gasteiger charge is 2.40. The highest BCUT2D eigenvalue weighted by atomic mass is 35.5. The van der Waals surface area contributed by atoms with Crippen LogP contribution in [-0.4, -0.2) is 64.3 Å². The van der Waals surface area contributed by atoms with Crippen molar-refractivity contribution < 1.29 is 26.7 Å². The molecule has 0 aromatic carbocycles. The maximum atomic E-state index is 12.9. The first-order valence-corrected chi connectivity index (χ1v) is 10.6. The molecule has 2 atom stereocenters. The van der Waals surface area contributed by atoms with Crippen molar-refractivity contribution >= 4 is 39.1 Å². The molecule has 0 amide bonds. The zero-order valence-electron chi connectivity index (χ0n) is 15.8. The number of rotatable bonds is 5. The van der Waals surface area contributed by atoms with E-state index < -0.39 is 40.4 Å². The number of sulfonamides is 1. The Morgan fingerprint density at radius 2 is 2.20 bits per heavy atom. The second kappa shape index (κ2) is 8.29. The summed E-state index contributed by atoms with van der Waals surface area (Å²) in [7, 11) is -4.80. The number of ether oxygens (including phenoxy) is 1. The van der Waals surface area contributed by atoms with Crippen LogP contribution < -0.4 is 5.32 Å². The summed E-state index contributed by atoms with van der Waals surface area (Å²) in [5.41, 5.74) is 1.18. The summed E-state index contributed by atoms with van der Waals surface area (Å²) in [6.45, 7) is 2.16. The normalized spacial score (nSPS) is 20.3. The lowest BCUT2D eigenvalue weighted by Crippen LogP contribution is -2.54. The van der Waals surface area contributed by atoms with Crippen LogP contribution in [0.4, 0.5) is 14.7 Å². The van der Waals surface area contributed by atoms with E-state index in [1.165, 1.54) is 10.7 Å². The standard InChI is InChI=1S/C16H17ClF2N6O4S/c1-8-10(5-20)14(17)12-6-21-16(23-25(8)12)22-11-3-4-24(30(27,28)15(18)19)7-13(11)29-9(2)26/h6,11,13,15H,3-4,7H2,1-2H3,(H,22,23)/t11-,13-/m1/s1. The van der Waals surface area contributed by atoms with E-state index in [2.05, 4.69) is 15.4 Å². The van der Waals surface area contributed by atoms with Gasteiger partial charge in [-0.3, -0.25) is 4.79 Å². The van der Waals surface area contributed by atoms with Gasteiger partial charge in [-0.25, -0.2) is 17.9 Å². The number of aryl methyl sites for hydroxylation is 1. The zero-order chi connectivity index (χ0) is 22.2. The van der Waals surface area contributed by atoms with Crippen LogP contribution in [0.5, 0.6) is 0 Å². The number of anilines is 1. The third kappa shape index (κ3) is 4.03. The first-order valence-electron chi connectivity index (χ1n) is 8.71. The number of carbonyl (C=O) groups excluding carboxylic acids is 1. The largest absolute Gasteiger partial charge is 0.459 e. The maximum absolute atomic E-state index is 12.9. The van der Waals surface area contributed by atoms with Crippen molar-refractivity contribution in [1.82, 2.24) is 18.9 Å². The smallest absolute Gasteiger partial charge is 0.350 e. The lowest BCUT2D eigenvalue weighted by Gasteiger charge is -2.37. The van der Waals surface area contributed by atoms with Gasteiger partial charge in [-0.05, 0) is 13.3 Å². The molecule has 14 heteroatoms. The third-order valence-electron chi connectivity index (χ3n) is 4.71. The molecule has 3 heterocycles. The molecule has 162 valence electrons. The second-order valence-corrected chi connectivity index (χ2v) is 8.90. The second-order valence-electron chi connectivity index (χ2n) is 6.62. The molecule has 3 rings (SSSR count). The molecular weight excluding hydrogens is 446 g/mol. The quantitative estimate of drug-likeness (QED) is 0.662. The summed E-state index contributed by atoms with van der Waals surface area (Å²) < 4.78 is 56.5. The fraction of sp³-hybridized carbons (Fsp3) is 0.500. The van der Waals surface area contributed by atoms with Crippen molar-refractivity contribution in [3.63, 3.8) is 0 Å².